The van der Waals surface area contributed by atoms with Crippen LogP contribution in [0.1, 0.15) is 59.6 Å². The summed E-state index contributed by atoms with van der Waals surface area (Å²) < 4.78 is 0. The lowest BCUT2D eigenvalue weighted by molar-refractivity contribution is -0.115. The van der Waals surface area contributed by atoms with Crippen molar-refractivity contribution >= 4 is 39.8 Å². The number of anilines is 2. The molecular weight excluding hydrogens is 549 g/mol. The molecule has 41 heavy (non-hydrogen) atoms. The van der Waals surface area contributed by atoms with Crippen molar-refractivity contribution < 1.29 is 4.79 Å². The summed E-state index contributed by atoms with van der Waals surface area (Å²) in [4.78, 5) is 18.3. The lowest BCUT2D eigenvalue weighted by Crippen LogP contribution is -2.12. The van der Waals surface area contributed by atoms with Gasteiger partial charge in [-0.2, -0.15) is 15.8 Å². The molecule has 0 aliphatic heterocycles. The number of rotatable bonds is 7. The van der Waals surface area contributed by atoms with Crippen LogP contribution in [0.5, 0.6) is 0 Å². The quantitative estimate of drug-likeness (QED) is 0.226. The second-order valence-corrected chi connectivity index (χ2v) is 12.1. The van der Waals surface area contributed by atoms with Crippen molar-refractivity contribution in [1.29, 1.82) is 15.8 Å². The van der Waals surface area contributed by atoms with Crippen LogP contribution in [0.25, 0.3) is 21.6 Å². The number of nitriles is 3. The van der Waals surface area contributed by atoms with Gasteiger partial charge in [0.05, 0.1) is 11.1 Å². The largest absolute Gasteiger partial charge is 0.383 e. The number of hydrogen-bond donors (Lipinski definition) is 2. The van der Waals surface area contributed by atoms with E-state index in [0.29, 0.717) is 38.4 Å². The number of hydrogen-bond acceptors (Lipinski definition) is 8. The molecule has 9 heteroatoms. The number of aryl methyl sites for hydroxylation is 1. The van der Waals surface area contributed by atoms with Gasteiger partial charge in [0.15, 0.2) is 0 Å². The number of amides is 1. The molecule has 3 N–H and O–H groups in total. The highest BCUT2D eigenvalue weighted by atomic mass is 32.2. The predicted molar refractivity (Wildman–Crippen MR) is 163 cm³/mol. The fourth-order valence-corrected chi connectivity index (χ4v) is 7.21. The zero-order valence-corrected chi connectivity index (χ0v) is 24.2. The number of fused-ring (bicyclic) bond motifs is 3. The van der Waals surface area contributed by atoms with E-state index in [1.54, 1.807) is 0 Å². The molecule has 5 rings (SSSR count). The van der Waals surface area contributed by atoms with Crippen LogP contribution < -0.4 is 11.1 Å². The summed E-state index contributed by atoms with van der Waals surface area (Å²) in [6, 6.07) is 22.5. The highest BCUT2D eigenvalue weighted by molar-refractivity contribution is 7.99. The molecular formula is C32H26N6OS2. The summed E-state index contributed by atoms with van der Waals surface area (Å²) in [6.45, 7) is 4.19. The van der Waals surface area contributed by atoms with Crippen molar-refractivity contribution in [3.63, 3.8) is 0 Å². The topological polar surface area (TPSA) is 139 Å². The van der Waals surface area contributed by atoms with Gasteiger partial charge in [0, 0.05) is 22.6 Å². The van der Waals surface area contributed by atoms with E-state index in [4.69, 9.17) is 5.73 Å². The summed E-state index contributed by atoms with van der Waals surface area (Å²) in [6.07, 6.45) is 1.77. The van der Waals surface area contributed by atoms with Crippen molar-refractivity contribution in [3.05, 3.63) is 81.9 Å². The summed E-state index contributed by atoms with van der Waals surface area (Å²) >= 11 is 2.68. The van der Waals surface area contributed by atoms with Gasteiger partial charge < -0.3 is 11.1 Å². The molecule has 4 aromatic rings. The summed E-state index contributed by atoms with van der Waals surface area (Å²) in [5.41, 5.74) is 12.8. The van der Waals surface area contributed by atoms with Crippen LogP contribution >= 0.6 is 23.1 Å². The van der Waals surface area contributed by atoms with Crippen LogP contribution in [0.2, 0.25) is 0 Å². The third kappa shape index (κ3) is 5.41. The Balaban J connectivity index is 1.34. The molecule has 202 valence electrons. The number of carbonyl (C=O) groups excluding carboxylic acids is 1. The fourth-order valence-electron chi connectivity index (χ4n) is 5.00. The molecule has 0 saturated carbocycles. The molecule has 0 fully saturated rings. The predicted octanol–water partition coefficient (Wildman–Crippen LogP) is 7.02. The monoisotopic (exact) mass is 574 g/mol. The van der Waals surface area contributed by atoms with Gasteiger partial charge in [-0.1, -0.05) is 62.4 Å². The number of nitrogen functional groups attached to an aromatic ring is 1. The first kappa shape index (κ1) is 27.9. The lowest BCUT2D eigenvalue weighted by Gasteiger charge is -2.15. The standard InChI is InChI=1S/C32H26N6OS2/c1-18(2)19-7-9-21(10-8-19)28-25(16-34)30(36)38-31(26(28)17-35)40-14-13-27(39)37-32-24(15-33)23-12-11-20-5-3-4-6-22(20)29(23)41-32/h3-10,18H,11-14H2,1-2H3,(H2,36,38)(H,37,39). The number of aromatic nitrogens is 1. The Labute approximate surface area is 247 Å². The molecule has 0 radical (unpaired) electrons. The highest BCUT2D eigenvalue weighted by Crippen LogP contribution is 2.45. The third-order valence-electron chi connectivity index (χ3n) is 7.13. The number of benzene rings is 2. The fraction of sp³-hybridized carbons (Fsp3) is 0.219. The Morgan fingerprint density at radius 2 is 1.73 bits per heavy atom. The van der Waals surface area contributed by atoms with Gasteiger partial charge in [0.1, 0.15) is 39.6 Å². The van der Waals surface area contributed by atoms with Gasteiger partial charge >= 0.3 is 0 Å². The molecule has 0 saturated heterocycles. The highest BCUT2D eigenvalue weighted by Gasteiger charge is 2.25. The average Bonchev–Trinajstić information content (AvgIpc) is 3.34. The number of nitrogens with zero attached hydrogens (tertiary/aromatic N) is 4. The molecule has 0 bridgehead atoms. The first-order valence-corrected chi connectivity index (χ1v) is 15.0. The first-order chi connectivity index (χ1) is 19.9. The maximum atomic E-state index is 12.9. The van der Waals surface area contributed by atoms with Gasteiger partial charge in [-0.05, 0) is 46.6 Å². The van der Waals surface area contributed by atoms with E-state index in [2.05, 4.69) is 54.5 Å². The number of carbonyl (C=O) groups is 1. The summed E-state index contributed by atoms with van der Waals surface area (Å²) in [5, 5.41) is 33.6. The molecule has 1 amide bonds. The second kappa shape index (κ2) is 11.9. The minimum Gasteiger partial charge on any atom is -0.383 e. The second-order valence-electron chi connectivity index (χ2n) is 9.96. The minimum atomic E-state index is -0.231. The number of pyridine rings is 1. The Morgan fingerprint density at radius 1 is 1.02 bits per heavy atom. The maximum absolute atomic E-state index is 12.9. The summed E-state index contributed by atoms with van der Waals surface area (Å²) in [5.74, 6) is 0.491. The zero-order valence-electron chi connectivity index (χ0n) is 22.6. The van der Waals surface area contributed by atoms with Crippen LogP contribution in [-0.4, -0.2) is 16.6 Å². The van der Waals surface area contributed by atoms with E-state index in [0.717, 1.165) is 34.4 Å². The van der Waals surface area contributed by atoms with E-state index >= 15 is 0 Å². The molecule has 7 nitrogen and oxygen atoms in total. The zero-order chi connectivity index (χ0) is 29.1. The van der Waals surface area contributed by atoms with Gasteiger partial charge in [0.2, 0.25) is 5.91 Å². The van der Waals surface area contributed by atoms with Crippen molar-refractivity contribution in [2.24, 2.45) is 0 Å². The molecule has 2 aromatic carbocycles. The van der Waals surface area contributed by atoms with Crippen LogP contribution in [0.3, 0.4) is 0 Å². The molecule has 2 heterocycles. The van der Waals surface area contributed by atoms with E-state index in [1.165, 1.54) is 28.7 Å². The number of thioether (sulfide) groups is 1. The Morgan fingerprint density at radius 3 is 2.41 bits per heavy atom. The molecule has 1 aliphatic rings. The smallest absolute Gasteiger partial charge is 0.225 e. The molecule has 0 unspecified atom stereocenters. The third-order valence-corrected chi connectivity index (χ3v) is 9.29. The Kier molecular flexibility index (Phi) is 8.08. The van der Waals surface area contributed by atoms with Crippen LogP contribution in [0.4, 0.5) is 10.8 Å². The van der Waals surface area contributed by atoms with Crippen LogP contribution in [0.15, 0.2) is 53.6 Å². The Bertz CT molecular complexity index is 1790. The maximum Gasteiger partial charge on any atom is 0.225 e. The molecule has 1 aliphatic carbocycles. The molecule has 2 aromatic heterocycles. The number of nitrogens with two attached hydrogens (primary N) is 1. The van der Waals surface area contributed by atoms with E-state index in [9.17, 15) is 20.6 Å². The lowest BCUT2D eigenvalue weighted by atomic mass is 9.90. The van der Waals surface area contributed by atoms with Crippen molar-refractivity contribution in [2.45, 2.75) is 44.1 Å². The van der Waals surface area contributed by atoms with E-state index < -0.39 is 0 Å². The van der Waals surface area contributed by atoms with Crippen molar-refractivity contribution in [3.8, 4) is 39.8 Å². The van der Waals surface area contributed by atoms with Gasteiger partial charge in [-0.25, -0.2) is 4.98 Å². The molecule has 0 atom stereocenters. The first-order valence-electron chi connectivity index (χ1n) is 13.2. The number of nitrogens with one attached hydrogen (secondary N) is 1. The van der Waals surface area contributed by atoms with Crippen molar-refractivity contribution in [2.75, 3.05) is 16.8 Å². The van der Waals surface area contributed by atoms with Gasteiger partial charge in [-0.3, -0.25) is 4.79 Å². The van der Waals surface area contributed by atoms with Crippen molar-refractivity contribution in [1.82, 2.24) is 4.98 Å². The molecule has 0 spiro atoms. The Hall–Kier alpha value is -4.62. The van der Waals surface area contributed by atoms with Gasteiger partial charge in [0.25, 0.3) is 0 Å². The van der Waals surface area contributed by atoms with Crippen LogP contribution in [-0.2, 0) is 17.6 Å². The normalized spacial score (nSPS) is 11.6. The SMILES string of the molecule is CC(C)c1ccc(-c2c(C#N)c(N)nc(SCCC(=O)Nc3sc4c(c3C#N)CCc3ccccc3-4)c2C#N)cc1. The van der Waals surface area contributed by atoms with Crippen LogP contribution in [0, 0.1) is 34.0 Å². The number of thiophene rings is 1. The summed E-state index contributed by atoms with van der Waals surface area (Å²) in [7, 11) is 0. The van der Waals surface area contributed by atoms with Gasteiger partial charge in [-0.15, -0.1) is 23.1 Å². The van der Waals surface area contributed by atoms with E-state index in [-0.39, 0.29) is 29.3 Å². The van der Waals surface area contributed by atoms with E-state index in [1.807, 2.05) is 36.4 Å². The minimum absolute atomic E-state index is 0.0458. The average molecular weight is 575 g/mol.